The third-order valence-corrected chi connectivity index (χ3v) is 4.91. The Labute approximate surface area is 189 Å². The molecule has 0 aliphatic rings. The fraction of sp³-hybridized carbons (Fsp3) is 0.269. The minimum absolute atomic E-state index is 0.144. The molecule has 0 fully saturated rings. The summed E-state index contributed by atoms with van der Waals surface area (Å²) in [6, 6.07) is 20.7. The molecule has 0 saturated carbocycles. The summed E-state index contributed by atoms with van der Waals surface area (Å²) in [5.74, 6) is 2.69. The SMILES string of the molecule is CCOc1ccc(C(=O)NCCc2ccc(OC)c(OC)c2)cc1COc1ccccc1. The number of amides is 1. The maximum atomic E-state index is 12.7. The van der Waals surface area contributed by atoms with Gasteiger partial charge in [-0.05, 0) is 61.4 Å². The van der Waals surface area contributed by atoms with Gasteiger partial charge >= 0.3 is 0 Å². The van der Waals surface area contributed by atoms with E-state index in [0.29, 0.717) is 49.0 Å². The average Bonchev–Trinajstić information content (AvgIpc) is 2.84. The van der Waals surface area contributed by atoms with Crippen molar-refractivity contribution in [2.24, 2.45) is 0 Å². The highest BCUT2D eigenvalue weighted by Gasteiger charge is 2.12. The van der Waals surface area contributed by atoms with Crippen molar-refractivity contribution in [1.82, 2.24) is 5.32 Å². The second-order valence-electron chi connectivity index (χ2n) is 7.05. The van der Waals surface area contributed by atoms with Gasteiger partial charge in [0.1, 0.15) is 18.1 Å². The molecule has 0 unspecified atom stereocenters. The Hall–Kier alpha value is -3.67. The van der Waals surface area contributed by atoms with Crippen LogP contribution in [0.3, 0.4) is 0 Å². The molecule has 0 bridgehead atoms. The van der Waals surface area contributed by atoms with Gasteiger partial charge in [0.2, 0.25) is 0 Å². The van der Waals surface area contributed by atoms with Crippen LogP contribution in [0, 0.1) is 0 Å². The van der Waals surface area contributed by atoms with Gasteiger partial charge < -0.3 is 24.3 Å². The summed E-state index contributed by atoms with van der Waals surface area (Å²) in [7, 11) is 3.21. The van der Waals surface area contributed by atoms with Crippen LogP contribution in [0.2, 0.25) is 0 Å². The van der Waals surface area contributed by atoms with Crippen LogP contribution in [0.1, 0.15) is 28.4 Å². The van der Waals surface area contributed by atoms with E-state index in [0.717, 1.165) is 16.9 Å². The fourth-order valence-corrected chi connectivity index (χ4v) is 3.27. The van der Waals surface area contributed by atoms with E-state index in [2.05, 4.69) is 5.32 Å². The molecule has 0 spiro atoms. The molecule has 3 aromatic rings. The molecule has 168 valence electrons. The number of carbonyl (C=O) groups is 1. The number of benzene rings is 3. The van der Waals surface area contributed by atoms with Crippen LogP contribution in [0.25, 0.3) is 0 Å². The first-order chi connectivity index (χ1) is 15.6. The zero-order chi connectivity index (χ0) is 22.8. The highest BCUT2D eigenvalue weighted by Crippen LogP contribution is 2.27. The molecule has 3 aromatic carbocycles. The number of methoxy groups -OCH3 is 2. The van der Waals surface area contributed by atoms with Crippen LogP contribution < -0.4 is 24.3 Å². The van der Waals surface area contributed by atoms with E-state index < -0.39 is 0 Å². The van der Waals surface area contributed by atoms with E-state index in [9.17, 15) is 4.79 Å². The van der Waals surface area contributed by atoms with Crippen LogP contribution >= 0.6 is 0 Å². The number of nitrogens with one attached hydrogen (secondary N) is 1. The third-order valence-electron chi connectivity index (χ3n) is 4.91. The van der Waals surface area contributed by atoms with Gasteiger partial charge in [-0.3, -0.25) is 4.79 Å². The smallest absolute Gasteiger partial charge is 0.251 e. The maximum absolute atomic E-state index is 12.7. The summed E-state index contributed by atoms with van der Waals surface area (Å²) in [6.45, 7) is 3.27. The van der Waals surface area contributed by atoms with Crippen molar-refractivity contribution < 1.29 is 23.7 Å². The monoisotopic (exact) mass is 435 g/mol. The minimum Gasteiger partial charge on any atom is -0.493 e. The first-order valence-corrected chi connectivity index (χ1v) is 10.6. The van der Waals surface area contributed by atoms with Gasteiger partial charge in [0.25, 0.3) is 5.91 Å². The molecule has 0 aromatic heterocycles. The quantitative estimate of drug-likeness (QED) is 0.475. The Morgan fingerprint density at radius 2 is 1.59 bits per heavy atom. The number of para-hydroxylation sites is 1. The van der Waals surface area contributed by atoms with Crippen molar-refractivity contribution in [3.8, 4) is 23.0 Å². The third kappa shape index (κ3) is 6.17. The summed E-state index contributed by atoms with van der Waals surface area (Å²) >= 11 is 0. The number of hydrogen-bond acceptors (Lipinski definition) is 5. The van der Waals surface area contributed by atoms with Gasteiger partial charge in [0.15, 0.2) is 11.5 Å². The second kappa shape index (κ2) is 11.6. The topological polar surface area (TPSA) is 66.0 Å². The summed E-state index contributed by atoms with van der Waals surface area (Å²) < 4.78 is 22.2. The molecule has 1 amide bonds. The molecule has 0 atom stereocenters. The molecular formula is C26H29NO5. The first kappa shape index (κ1) is 23.0. The van der Waals surface area contributed by atoms with Crippen molar-refractivity contribution in [2.45, 2.75) is 20.0 Å². The first-order valence-electron chi connectivity index (χ1n) is 10.6. The summed E-state index contributed by atoms with van der Waals surface area (Å²) in [5.41, 5.74) is 2.43. The Kier molecular flexibility index (Phi) is 8.37. The van der Waals surface area contributed by atoms with Crippen LogP contribution in [0.15, 0.2) is 66.7 Å². The largest absolute Gasteiger partial charge is 0.493 e. The highest BCUT2D eigenvalue weighted by atomic mass is 16.5. The van der Waals surface area contributed by atoms with E-state index in [-0.39, 0.29) is 5.91 Å². The zero-order valence-electron chi connectivity index (χ0n) is 18.7. The average molecular weight is 436 g/mol. The second-order valence-corrected chi connectivity index (χ2v) is 7.05. The van der Waals surface area contributed by atoms with Crippen LogP contribution in [0.5, 0.6) is 23.0 Å². The molecule has 0 saturated heterocycles. The number of hydrogen-bond donors (Lipinski definition) is 1. The zero-order valence-corrected chi connectivity index (χ0v) is 18.7. The van der Waals surface area contributed by atoms with E-state index >= 15 is 0 Å². The van der Waals surface area contributed by atoms with E-state index in [1.54, 1.807) is 20.3 Å². The van der Waals surface area contributed by atoms with Gasteiger partial charge in [0, 0.05) is 17.7 Å². The van der Waals surface area contributed by atoms with Gasteiger partial charge in [-0.1, -0.05) is 24.3 Å². The van der Waals surface area contributed by atoms with Gasteiger partial charge in [-0.25, -0.2) is 0 Å². The van der Waals surface area contributed by atoms with Crippen molar-refractivity contribution in [1.29, 1.82) is 0 Å². The Bertz CT molecular complexity index is 1020. The normalized spacial score (nSPS) is 10.3. The van der Waals surface area contributed by atoms with Crippen LogP contribution in [-0.2, 0) is 13.0 Å². The van der Waals surface area contributed by atoms with Crippen LogP contribution in [0.4, 0.5) is 0 Å². The molecular weight excluding hydrogens is 406 g/mol. The number of ether oxygens (including phenoxy) is 4. The van der Waals surface area contributed by atoms with Crippen molar-refractivity contribution in [3.05, 3.63) is 83.4 Å². The molecule has 32 heavy (non-hydrogen) atoms. The highest BCUT2D eigenvalue weighted by molar-refractivity contribution is 5.94. The van der Waals surface area contributed by atoms with Gasteiger partial charge in [-0.2, -0.15) is 0 Å². The van der Waals surface area contributed by atoms with Crippen LogP contribution in [-0.4, -0.2) is 33.3 Å². The van der Waals surface area contributed by atoms with E-state index in [4.69, 9.17) is 18.9 Å². The van der Waals surface area contributed by atoms with E-state index in [1.165, 1.54) is 0 Å². The van der Waals surface area contributed by atoms with Crippen molar-refractivity contribution >= 4 is 5.91 Å². The summed E-state index contributed by atoms with van der Waals surface area (Å²) in [4.78, 5) is 12.7. The van der Waals surface area contributed by atoms with Gasteiger partial charge in [0.05, 0.1) is 20.8 Å². The Morgan fingerprint density at radius 3 is 2.31 bits per heavy atom. The molecule has 6 nitrogen and oxygen atoms in total. The predicted molar refractivity (Wildman–Crippen MR) is 124 cm³/mol. The standard InChI is InChI=1S/C26H29NO5/c1-4-31-23-13-11-20(17-21(23)18-32-22-8-6-5-7-9-22)26(28)27-15-14-19-10-12-24(29-2)25(16-19)30-3/h5-13,16-17H,4,14-15,18H2,1-3H3,(H,27,28). The number of carbonyl (C=O) groups excluding carboxylic acids is 1. The molecule has 0 aliphatic heterocycles. The summed E-state index contributed by atoms with van der Waals surface area (Å²) in [5, 5.41) is 2.97. The molecule has 6 heteroatoms. The summed E-state index contributed by atoms with van der Waals surface area (Å²) in [6.07, 6.45) is 0.674. The Balaban J connectivity index is 1.63. The Morgan fingerprint density at radius 1 is 0.844 bits per heavy atom. The van der Waals surface area contributed by atoms with E-state index in [1.807, 2.05) is 67.6 Å². The molecule has 0 heterocycles. The van der Waals surface area contributed by atoms with Gasteiger partial charge in [-0.15, -0.1) is 0 Å². The lowest BCUT2D eigenvalue weighted by atomic mass is 10.1. The lowest BCUT2D eigenvalue weighted by Crippen LogP contribution is -2.25. The van der Waals surface area contributed by atoms with Crippen molar-refractivity contribution in [2.75, 3.05) is 27.4 Å². The minimum atomic E-state index is -0.144. The predicted octanol–water partition coefficient (Wildman–Crippen LogP) is 4.65. The lowest BCUT2D eigenvalue weighted by molar-refractivity contribution is 0.0954. The fourth-order valence-electron chi connectivity index (χ4n) is 3.27. The molecule has 0 radical (unpaired) electrons. The molecule has 0 aliphatic carbocycles. The van der Waals surface area contributed by atoms with Crippen molar-refractivity contribution in [3.63, 3.8) is 0 Å². The molecule has 1 N–H and O–H groups in total. The molecule has 3 rings (SSSR count). The maximum Gasteiger partial charge on any atom is 0.251 e. The lowest BCUT2D eigenvalue weighted by Gasteiger charge is -2.14. The number of rotatable bonds is 11.